The van der Waals surface area contributed by atoms with Crippen LogP contribution in [0.3, 0.4) is 0 Å². The summed E-state index contributed by atoms with van der Waals surface area (Å²) in [5.41, 5.74) is 12.8. The Morgan fingerprint density at radius 3 is 2.68 bits per heavy atom. The Kier molecular flexibility index (Phi) is 5.42. The Bertz CT molecular complexity index is 967. The monoisotopic (exact) mass is 441 g/mol. The van der Waals surface area contributed by atoms with Gasteiger partial charge in [0.25, 0.3) is 0 Å². The first-order chi connectivity index (χ1) is 14.6. The molecule has 2 aliphatic rings. The van der Waals surface area contributed by atoms with E-state index in [1.165, 1.54) is 23.4 Å². The summed E-state index contributed by atoms with van der Waals surface area (Å²) < 4.78 is 64.0. The molecule has 168 valence electrons. The number of aromatic nitrogens is 2. The zero-order chi connectivity index (χ0) is 22.4. The predicted octanol–water partition coefficient (Wildman–Crippen LogP) is 2.94. The third-order valence-corrected chi connectivity index (χ3v) is 5.53. The van der Waals surface area contributed by atoms with Crippen LogP contribution in [0.4, 0.5) is 29.1 Å². The summed E-state index contributed by atoms with van der Waals surface area (Å²) in [7, 11) is 0. The average Bonchev–Trinajstić information content (AvgIpc) is 3.46. The molecule has 31 heavy (non-hydrogen) atoms. The summed E-state index contributed by atoms with van der Waals surface area (Å²) in [6.07, 6.45) is -3.49. The van der Waals surface area contributed by atoms with Gasteiger partial charge in [-0.15, -0.1) is 0 Å². The maximum Gasteiger partial charge on any atom is 0.416 e. The second-order valence-electron chi connectivity index (χ2n) is 8.09. The minimum atomic E-state index is -4.47. The van der Waals surface area contributed by atoms with Gasteiger partial charge in [0.05, 0.1) is 24.9 Å². The molecule has 1 aliphatic heterocycles. The highest BCUT2D eigenvalue weighted by atomic mass is 19.4. The molecule has 1 saturated heterocycles. The topological polar surface area (TPSA) is 99.5 Å². The standard InChI is InChI=1S/C20H23F4N5O2/c1-19(2-3-19)31-15-6-11(13(25)7-12(15)21)18(26)14-8-17(28-10-27-14)29-4-5-30-16(9-29)20(22,23)24/h6-8,10,16,18H,2-5,9,25-26H2,1H3. The lowest BCUT2D eigenvalue weighted by molar-refractivity contribution is -0.221. The Morgan fingerprint density at radius 1 is 1.26 bits per heavy atom. The number of nitrogens with zero attached hydrogens (tertiary/aromatic N) is 3. The zero-order valence-corrected chi connectivity index (χ0v) is 16.8. The molecule has 2 fully saturated rings. The van der Waals surface area contributed by atoms with E-state index in [1.54, 1.807) is 0 Å². The van der Waals surface area contributed by atoms with Crippen LogP contribution < -0.4 is 21.1 Å². The number of anilines is 2. The maximum atomic E-state index is 14.3. The van der Waals surface area contributed by atoms with E-state index in [0.717, 1.165) is 18.9 Å². The quantitative estimate of drug-likeness (QED) is 0.544. The number of morpholine rings is 1. The number of hydrogen-bond donors (Lipinski definition) is 2. The third kappa shape index (κ3) is 4.67. The summed E-state index contributed by atoms with van der Waals surface area (Å²) >= 11 is 0. The molecule has 11 heteroatoms. The molecule has 1 aliphatic carbocycles. The van der Waals surface area contributed by atoms with Crippen LogP contribution in [0.1, 0.15) is 37.1 Å². The van der Waals surface area contributed by atoms with Crippen molar-refractivity contribution < 1.29 is 27.0 Å². The van der Waals surface area contributed by atoms with Crippen molar-refractivity contribution in [1.82, 2.24) is 9.97 Å². The molecule has 0 amide bonds. The SMILES string of the molecule is CC1(Oc2cc(C(N)c3cc(N4CCOC(C(F)(F)F)C4)ncn3)c(N)cc2F)CC1. The molecule has 1 aromatic heterocycles. The normalized spacial score (nSPS) is 21.6. The van der Waals surface area contributed by atoms with Gasteiger partial charge in [-0.25, -0.2) is 14.4 Å². The van der Waals surface area contributed by atoms with E-state index in [2.05, 4.69) is 9.97 Å². The van der Waals surface area contributed by atoms with Crippen LogP contribution in [0.5, 0.6) is 5.75 Å². The number of halogens is 4. The van der Waals surface area contributed by atoms with E-state index in [4.69, 9.17) is 20.9 Å². The molecule has 2 heterocycles. The molecule has 0 spiro atoms. The molecule has 1 aromatic carbocycles. The first-order valence-electron chi connectivity index (χ1n) is 9.84. The average molecular weight is 441 g/mol. The highest BCUT2D eigenvalue weighted by molar-refractivity contribution is 5.55. The van der Waals surface area contributed by atoms with Crippen molar-refractivity contribution in [3.8, 4) is 5.75 Å². The van der Waals surface area contributed by atoms with Gasteiger partial charge in [-0.05, 0) is 25.8 Å². The summed E-state index contributed by atoms with van der Waals surface area (Å²) in [4.78, 5) is 9.71. The number of alkyl halides is 3. The molecular weight excluding hydrogens is 418 g/mol. The fourth-order valence-electron chi connectivity index (χ4n) is 3.39. The van der Waals surface area contributed by atoms with Gasteiger partial charge in [0.2, 0.25) is 0 Å². The first kappa shape index (κ1) is 21.6. The van der Waals surface area contributed by atoms with Crippen LogP contribution in [0.15, 0.2) is 24.5 Å². The van der Waals surface area contributed by atoms with Crippen LogP contribution in [0, 0.1) is 5.82 Å². The summed E-state index contributed by atoms with van der Waals surface area (Å²) in [6.45, 7) is 1.66. The Hall–Kier alpha value is -2.66. The van der Waals surface area contributed by atoms with Gasteiger partial charge < -0.3 is 25.8 Å². The van der Waals surface area contributed by atoms with Crippen LogP contribution >= 0.6 is 0 Å². The van der Waals surface area contributed by atoms with E-state index in [9.17, 15) is 17.6 Å². The highest BCUT2D eigenvalue weighted by Gasteiger charge is 2.44. The molecule has 1 saturated carbocycles. The Labute approximate surface area is 176 Å². The van der Waals surface area contributed by atoms with Crippen molar-refractivity contribution in [3.63, 3.8) is 0 Å². The van der Waals surface area contributed by atoms with E-state index in [-0.39, 0.29) is 31.1 Å². The lowest BCUT2D eigenvalue weighted by Crippen LogP contribution is -2.49. The molecule has 2 aromatic rings. The third-order valence-electron chi connectivity index (χ3n) is 5.53. The molecule has 4 N–H and O–H groups in total. The summed E-state index contributed by atoms with van der Waals surface area (Å²) in [6, 6.07) is 3.26. The second kappa shape index (κ2) is 7.79. The fraction of sp³-hybridized carbons (Fsp3) is 0.500. The molecule has 0 bridgehead atoms. The number of ether oxygens (including phenoxy) is 2. The van der Waals surface area contributed by atoms with Crippen LogP contribution in [-0.4, -0.2) is 47.5 Å². The van der Waals surface area contributed by atoms with E-state index < -0.39 is 29.7 Å². The zero-order valence-electron chi connectivity index (χ0n) is 16.8. The Morgan fingerprint density at radius 2 is 2.00 bits per heavy atom. The van der Waals surface area contributed by atoms with Crippen LogP contribution in [0.2, 0.25) is 0 Å². The van der Waals surface area contributed by atoms with E-state index in [1.807, 2.05) is 6.92 Å². The van der Waals surface area contributed by atoms with Gasteiger partial charge in [-0.1, -0.05) is 0 Å². The largest absolute Gasteiger partial charge is 0.484 e. The van der Waals surface area contributed by atoms with Gasteiger partial charge in [0, 0.05) is 29.9 Å². The van der Waals surface area contributed by atoms with Crippen molar-refractivity contribution in [2.24, 2.45) is 5.73 Å². The van der Waals surface area contributed by atoms with Crippen LogP contribution in [0.25, 0.3) is 0 Å². The van der Waals surface area contributed by atoms with Crippen molar-refractivity contribution in [2.75, 3.05) is 30.3 Å². The molecule has 2 atom stereocenters. The molecule has 4 rings (SSSR count). The molecular formula is C20H23F4N5O2. The maximum absolute atomic E-state index is 14.3. The molecule has 0 radical (unpaired) electrons. The number of hydrogen-bond acceptors (Lipinski definition) is 7. The van der Waals surface area contributed by atoms with Crippen LogP contribution in [-0.2, 0) is 4.74 Å². The second-order valence-corrected chi connectivity index (χ2v) is 8.09. The first-order valence-corrected chi connectivity index (χ1v) is 9.84. The Balaban J connectivity index is 1.58. The number of nitrogen functional groups attached to an aromatic ring is 1. The minimum absolute atomic E-state index is 0.0510. The van der Waals surface area contributed by atoms with E-state index >= 15 is 0 Å². The summed E-state index contributed by atoms with van der Waals surface area (Å²) in [5, 5.41) is 0. The minimum Gasteiger partial charge on any atom is -0.484 e. The predicted molar refractivity (Wildman–Crippen MR) is 105 cm³/mol. The molecule has 7 nitrogen and oxygen atoms in total. The molecule has 2 unspecified atom stereocenters. The number of benzene rings is 1. The van der Waals surface area contributed by atoms with Gasteiger partial charge in [0.15, 0.2) is 17.7 Å². The summed E-state index contributed by atoms with van der Waals surface area (Å²) in [5.74, 6) is -0.243. The van der Waals surface area contributed by atoms with Crippen molar-refractivity contribution >= 4 is 11.5 Å². The van der Waals surface area contributed by atoms with E-state index in [0.29, 0.717) is 17.1 Å². The number of rotatable bonds is 5. The number of nitrogens with two attached hydrogens (primary N) is 2. The highest BCUT2D eigenvalue weighted by Crippen LogP contribution is 2.41. The van der Waals surface area contributed by atoms with Crippen molar-refractivity contribution in [3.05, 3.63) is 41.6 Å². The lowest BCUT2D eigenvalue weighted by atomic mass is 10.0. The fourth-order valence-corrected chi connectivity index (χ4v) is 3.39. The van der Waals surface area contributed by atoms with Crippen molar-refractivity contribution in [2.45, 2.75) is 43.7 Å². The van der Waals surface area contributed by atoms with Gasteiger partial charge in [-0.3, -0.25) is 0 Å². The van der Waals surface area contributed by atoms with Gasteiger partial charge in [0.1, 0.15) is 17.7 Å². The van der Waals surface area contributed by atoms with Gasteiger partial charge in [-0.2, -0.15) is 13.2 Å². The lowest BCUT2D eigenvalue weighted by Gasteiger charge is -2.34. The van der Waals surface area contributed by atoms with Gasteiger partial charge >= 0.3 is 6.18 Å². The smallest absolute Gasteiger partial charge is 0.416 e. The van der Waals surface area contributed by atoms with Crippen molar-refractivity contribution in [1.29, 1.82) is 0 Å².